The summed E-state index contributed by atoms with van der Waals surface area (Å²) in [5.41, 5.74) is 0.838. The maximum absolute atomic E-state index is 16.4. The molecule has 0 unspecified atom stereocenters. The first-order valence-electron chi connectivity index (χ1n) is 14.5. The molecule has 1 saturated heterocycles. The van der Waals surface area contributed by atoms with Gasteiger partial charge < -0.3 is 25.2 Å². The van der Waals surface area contributed by atoms with Gasteiger partial charge in [-0.2, -0.15) is 0 Å². The minimum atomic E-state index is -0.898. The first kappa shape index (κ1) is 27.8. The Bertz CT molecular complexity index is 1710. The number of carbonyl (C=O) groups is 2. The number of nitrogens with zero attached hydrogens (tertiary/aromatic N) is 5. The molecule has 4 aliphatic rings. The summed E-state index contributed by atoms with van der Waals surface area (Å²) in [6.45, 7) is 2.79. The van der Waals surface area contributed by atoms with Crippen LogP contribution in [0.2, 0.25) is 0 Å². The van der Waals surface area contributed by atoms with Crippen LogP contribution in [0.3, 0.4) is 0 Å². The molecule has 2 atom stereocenters. The molecule has 2 bridgehead atoms. The predicted molar refractivity (Wildman–Crippen MR) is 158 cm³/mol. The van der Waals surface area contributed by atoms with Crippen LogP contribution in [0.5, 0.6) is 0 Å². The number of nitrogens with one attached hydrogen (secondary N) is 2. The molecule has 8 rings (SSSR count). The molecule has 13 heteroatoms. The Balaban J connectivity index is 1.30. The van der Waals surface area contributed by atoms with Crippen molar-refractivity contribution in [2.24, 2.45) is 17.8 Å². The topological polar surface area (TPSA) is 127 Å². The summed E-state index contributed by atoms with van der Waals surface area (Å²) in [4.78, 5) is 46.6. The van der Waals surface area contributed by atoms with Crippen molar-refractivity contribution in [1.29, 1.82) is 0 Å². The Morgan fingerprint density at radius 2 is 1.81 bits per heavy atom. The van der Waals surface area contributed by atoms with E-state index in [-0.39, 0.29) is 35.1 Å². The van der Waals surface area contributed by atoms with Gasteiger partial charge in [0.05, 0.1) is 21.9 Å². The van der Waals surface area contributed by atoms with Crippen molar-refractivity contribution >= 4 is 40.1 Å². The second-order valence-corrected chi connectivity index (χ2v) is 12.9. The highest BCUT2D eigenvalue weighted by atomic mass is 32.1. The third-order valence-corrected chi connectivity index (χ3v) is 10.3. The van der Waals surface area contributed by atoms with Gasteiger partial charge in [-0.25, -0.2) is 23.7 Å². The van der Waals surface area contributed by atoms with Gasteiger partial charge in [-0.3, -0.25) is 9.59 Å². The van der Waals surface area contributed by atoms with Crippen molar-refractivity contribution < 1.29 is 23.5 Å². The second-order valence-electron chi connectivity index (χ2n) is 11.8. The van der Waals surface area contributed by atoms with Crippen molar-refractivity contribution in [3.8, 4) is 22.0 Å². The number of carboxylic acid groups (broad SMARTS) is 1. The first-order chi connectivity index (χ1) is 20.8. The fraction of sp³-hybridized carbons (Fsp3) is 0.433. The molecule has 3 saturated carbocycles. The number of halogens is 2. The molecule has 0 aromatic carbocycles. The van der Waals surface area contributed by atoms with Crippen LogP contribution in [-0.2, 0) is 4.79 Å². The Labute approximate surface area is 250 Å². The zero-order valence-electron chi connectivity index (χ0n) is 23.5. The van der Waals surface area contributed by atoms with E-state index in [1.807, 2.05) is 7.05 Å². The number of piperazine rings is 1. The number of carbonyl (C=O) groups excluding carboxylic acids is 1. The fourth-order valence-corrected chi connectivity index (χ4v) is 7.86. The van der Waals surface area contributed by atoms with Gasteiger partial charge in [0.25, 0.3) is 5.91 Å². The van der Waals surface area contributed by atoms with Crippen LogP contribution >= 0.6 is 11.3 Å². The number of aliphatic carboxylic acids is 1. The van der Waals surface area contributed by atoms with Crippen molar-refractivity contribution in [2.75, 3.05) is 38.5 Å². The summed E-state index contributed by atoms with van der Waals surface area (Å²) in [6, 6.07) is 4.17. The number of anilines is 1. The van der Waals surface area contributed by atoms with Crippen LogP contribution in [0.1, 0.15) is 35.4 Å². The highest BCUT2D eigenvalue weighted by Gasteiger charge is 2.47. The quantitative estimate of drug-likeness (QED) is 0.288. The molecule has 4 fully saturated rings. The molecular weight excluding hydrogens is 576 g/mol. The summed E-state index contributed by atoms with van der Waals surface area (Å²) in [7, 11) is 2.02. The van der Waals surface area contributed by atoms with E-state index in [0.29, 0.717) is 39.4 Å². The molecule has 0 radical (unpaired) electrons. The number of carboxylic acids is 1. The van der Waals surface area contributed by atoms with Gasteiger partial charge in [0.15, 0.2) is 17.5 Å². The number of thiophene rings is 1. The summed E-state index contributed by atoms with van der Waals surface area (Å²) in [5.74, 6) is -2.81. The van der Waals surface area contributed by atoms with Crippen LogP contribution in [0.25, 0.3) is 33.0 Å². The van der Waals surface area contributed by atoms with Crippen LogP contribution in [0.4, 0.5) is 14.6 Å². The number of H-pyrrole nitrogens is 1. The van der Waals surface area contributed by atoms with Gasteiger partial charge in [0.2, 0.25) is 0 Å². The lowest BCUT2D eigenvalue weighted by Crippen LogP contribution is -2.51. The molecule has 10 nitrogen and oxygen atoms in total. The normalized spacial score (nSPS) is 24.0. The number of hydrogen-bond acceptors (Lipinski definition) is 8. The maximum atomic E-state index is 16.4. The zero-order chi connectivity index (χ0) is 29.8. The van der Waals surface area contributed by atoms with Crippen molar-refractivity contribution in [3.05, 3.63) is 47.1 Å². The summed E-state index contributed by atoms with van der Waals surface area (Å²) in [6.07, 6.45) is 6.12. The molecule has 224 valence electrons. The molecule has 43 heavy (non-hydrogen) atoms. The molecule has 4 aromatic rings. The first-order valence-corrected chi connectivity index (χ1v) is 15.4. The van der Waals surface area contributed by atoms with E-state index < -0.39 is 29.6 Å². The van der Waals surface area contributed by atoms with E-state index in [9.17, 15) is 19.1 Å². The molecule has 5 heterocycles. The van der Waals surface area contributed by atoms with Gasteiger partial charge in [-0.15, -0.1) is 11.3 Å². The van der Waals surface area contributed by atoms with Gasteiger partial charge in [0, 0.05) is 49.4 Å². The number of pyridine rings is 1. The van der Waals surface area contributed by atoms with E-state index in [2.05, 4.69) is 30.2 Å². The van der Waals surface area contributed by atoms with Crippen molar-refractivity contribution in [3.63, 3.8) is 0 Å². The van der Waals surface area contributed by atoms with Gasteiger partial charge in [0.1, 0.15) is 17.2 Å². The highest BCUT2D eigenvalue weighted by Crippen LogP contribution is 2.47. The molecule has 4 aromatic heterocycles. The van der Waals surface area contributed by atoms with E-state index in [1.165, 1.54) is 6.07 Å². The molecule has 3 N–H and O–H groups in total. The highest BCUT2D eigenvalue weighted by molar-refractivity contribution is 7.17. The molecule has 1 amide bonds. The predicted octanol–water partition coefficient (Wildman–Crippen LogP) is 4.72. The number of aromatic nitrogens is 4. The molecule has 0 spiro atoms. The Morgan fingerprint density at radius 3 is 2.56 bits per heavy atom. The minimum Gasteiger partial charge on any atom is -0.481 e. The molecule has 3 aliphatic carbocycles. The summed E-state index contributed by atoms with van der Waals surface area (Å²) < 4.78 is 30.6. The molecule has 1 aliphatic heterocycles. The fourth-order valence-electron chi connectivity index (χ4n) is 6.91. The van der Waals surface area contributed by atoms with E-state index in [0.717, 1.165) is 56.3 Å². The van der Waals surface area contributed by atoms with Crippen LogP contribution < -0.4 is 5.32 Å². The average Bonchev–Trinajstić information content (AvgIpc) is 3.66. The van der Waals surface area contributed by atoms with E-state index >= 15 is 4.39 Å². The van der Waals surface area contributed by atoms with Gasteiger partial charge in [-0.05, 0) is 62.8 Å². The number of likely N-dealkylation sites (N-methyl/N-ethyl adjacent to an activating group) is 1. The number of amides is 1. The van der Waals surface area contributed by atoms with E-state index in [4.69, 9.17) is 0 Å². The zero-order valence-corrected chi connectivity index (χ0v) is 24.3. The number of fused-ring (bicyclic) bond motifs is 4. The number of aromatic amines is 1. The number of hydrogen-bond donors (Lipinski definition) is 3. The van der Waals surface area contributed by atoms with Crippen molar-refractivity contribution in [1.82, 2.24) is 29.7 Å². The number of rotatable bonds is 6. The lowest BCUT2D eigenvalue weighted by molar-refractivity contribution is -0.148. The smallest absolute Gasteiger partial charge is 0.308 e. The second kappa shape index (κ2) is 10.9. The average molecular weight is 608 g/mol. The van der Waals surface area contributed by atoms with Crippen LogP contribution in [0.15, 0.2) is 30.6 Å². The Morgan fingerprint density at radius 1 is 1.07 bits per heavy atom. The lowest BCUT2D eigenvalue weighted by atomic mass is 9.61. The standard InChI is InChI=1S/C30H31F2N7O3S/c1-38-8-10-39(11-9-38)29(40)21-7-6-20(43-21)25-23(32)28(35-24-16-4-2-15(3-5-16)22(24)30(41)42)37-27(36-25)19-14-34-26-18(19)12-17(31)13-33-26/h6-7,12-16,22,24H,2-5,8-11H2,1H3,(H,33,34)(H,41,42)(H,35,36,37)/t15?,16?,22-,24-/m0/s1. The van der Waals surface area contributed by atoms with Crippen LogP contribution in [-0.4, -0.2) is 86.0 Å². The monoisotopic (exact) mass is 607 g/mol. The lowest BCUT2D eigenvalue weighted by Gasteiger charge is -2.47. The minimum absolute atomic E-state index is 0.0125. The SMILES string of the molecule is CN1CCN(C(=O)c2ccc(-c3nc(-c4c[nH]c5ncc(F)cc45)nc(N[C@H]4C5CCC(CC5)[C@@H]4C(=O)O)c3F)s2)CC1. The Kier molecular flexibility index (Phi) is 7.08. The van der Waals surface area contributed by atoms with Gasteiger partial charge >= 0.3 is 5.97 Å². The van der Waals surface area contributed by atoms with Gasteiger partial charge in [-0.1, -0.05) is 0 Å². The summed E-state index contributed by atoms with van der Waals surface area (Å²) >= 11 is 1.15. The maximum Gasteiger partial charge on any atom is 0.308 e. The van der Waals surface area contributed by atoms with Crippen LogP contribution in [0, 0.1) is 29.4 Å². The van der Waals surface area contributed by atoms with E-state index in [1.54, 1.807) is 23.2 Å². The largest absolute Gasteiger partial charge is 0.481 e. The third kappa shape index (κ3) is 5.03. The molecular formula is C30H31F2N7O3S. The van der Waals surface area contributed by atoms with Crippen molar-refractivity contribution in [2.45, 2.75) is 31.7 Å². The third-order valence-electron chi connectivity index (χ3n) is 9.24. The Hall–Kier alpha value is -3.97. The summed E-state index contributed by atoms with van der Waals surface area (Å²) in [5, 5.41) is 13.7.